The number of hydrogen-bond acceptors (Lipinski definition) is 0. The van der Waals surface area contributed by atoms with Gasteiger partial charge in [-0.05, 0) is 0 Å². The summed E-state index contributed by atoms with van der Waals surface area (Å²) in [4.78, 5) is 0. The molecule has 0 fully saturated rings. The molecule has 0 aliphatic heterocycles. The summed E-state index contributed by atoms with van der Waals surface area (Å²) < 4.78 is 29.0. The van der Waals surface area contributed by atoms with Gasteiger partial charge in [-0.1, -0.05) is 0 Å². The Kier molecular flexibility index (Phi) is 25.5. The van der Waals surface area contributed by atoms with E-state index in [1.807, 2.05) is 0 Å². The zero-order valence-corrected chi connectivity index (χ0v) is 6.47. The van der Waals surface area contributed by atoms with Gasteiger partial charge in [-0.25, -0.2) is 0 Å². The molecule has 0 aliphatic rings. The molecule has 30 valence electrons. The fourth-order valence-corrected chi connectivity index (χ4v) is 0. The van der Waals surface area contributed by atoms with Gasteiger partial charge in [0.25, 0.3) is 0 Å². The van der Waals surface area contributed by atoms with Gasteiger partial charge in [0, 0.05) is 51.7 Å². The van der Waals surface area contributed by atoms with Crippen molar-refractivity contribution in [3.63, 3.8) is 0 Å². The Morgan fingerprint density at radius 2 is 0.833 bits per heavy atom. The van der Waals surface area contributed by atoms with Crippen LogP contribution in [0.1, 0.15) is 0 Å². The van der Waals surface area contributed by atoms with Crippen LogP contribution in [0, 0.1) is 0 Å². The van der Waals surface area contributed by atoms with Gasteiger partial charge in [0.2, 0.25) is 0 Å². The van der Waals surface area contributed by atoms with Crippen molar-refractivity contribution in [2.24, 2.45) is 0 Å². The van der Waals surface area contributed by atoms with E-state index >= 15 is 0 Å². The maximum Gasteiger partial charge on any atom is 0.762 e. The summed E-state index contributed by atoms with van der Waals surface area (Å²) in [5.41, 5.74) is 0. The molecule has 0 saturated heterocycles. The minimum atomic E-state index is -3.67. The second-order valence-electron chi connectivity index (χ2n) is 0.247. The molecular weight excluding hydrogens is 158 g/mol. The fraction of sp³-hybridized carbons (Fsp3) is 0. The van der Waals surface area contributed by atoms with Crippen LogP contribution in [0.5, 0.6) is 0 Å². The Morgan fingerprint density at radius 3 is 0.833 bits per heavy atom. The maximum absolute atomic E-state index is 9.67. The number of hydrogen-bond donors (Lipinski definition) is 0. The summed E-state index contributed by atoms with van der Waals surface area (Å²) in [7, 11) is -3.67. The number of rotatable bonds is 0. The molecule has 0 spiro atoms. The Bertz CT molecular complexity index is 13.5. The van der Waals surface area contributed by atoms with Crippen molar-refractivity contribution in [2.45, 2.75) is 0 Å². The second-order valence-corrected chi connectivity index (χ2v) is 0.247. The van der Waals surface area contributed by atoms with E-state index in [0.29, 0.717) is 0 Å². The number of halogens is 3. The van der Waals surface area contributed by atoms with Gasteiger partial charge < -0.3 is 0 Å². The normalized spacial score (nSPS) is 4.50. The molecule has 0 nitrogen and oxygen atoms in total. The third-order valence-corrected chi connectivity index (χ3v) is 0. The van der Waals surface area contributed by atoms with Crippen molar-refractivity contribution in [1.82, 2.24) is 0 Å². The van der Waals surface area contributed by atoms with Crippen LogP contribution in [0.25, 0.3) is 0 Å². The predicted molar refractivity (Wildman–Crippen MR) is 9.08 cm³/mol. The van der Waals surface area contributed by atoms with E-state index in [2.05, 4.69) is 0 Å². The minimum absolute atomic E-state index is 0. The SMILES string of the molecule is FB(F)F.[Sc].[Sc]. The first kappa shape index (κ1) is 15.6. The van der Waals surface area contributed by atoms with Crippen LogP contribution < -0.4 is 0 Å². The van der Waals surface area contributed by atoms with E-state index < -0.39 is 7.54 Å². The molecule has 0 aromatic heterocycles. The van der Waals surface area contributed by atoms with Gasteiger partial charge in [-0.3, -0.25) is 12.9 Å². The summed E-state index contributed by atoms with van der Waals surface area (Å²) in [5.74, 6) is 0. The standard InChI is InChI=1S/BF3.2Sc/c2-1(3)4;;. The Labute approximate surface area is 71.7 Å². The van der Waals surface area contributed by atoms with Crippen LogP contribution in [-0.2, 0) is 51.7 Å². The maximum atomic E-state index is 9.67. The first-order chi connectivity index (χ1) is 1.73. The molecule has 2 radical (unpaired) electrons. The first-order valence-electron chi connectivity index (χ1n) is 0.655. The second kappa shape index (κ2) is 9.78. The van der Waals surface area contributed by atoms with E-state index in [9.17, 15) is 12.9 Å². The Hall–Kier alpha value is 1.60. The molecule has 6 heavy (non-hydrogen) atoms. The van der Waals surface area contributed by atoms with Gasteiger partial charge in [0.1, 0.15) is 0 Å². The van der Waals surface area contributed by atoms with Gasteiger partial charge in [0.15, 0.2) is 0 Å². The molecule has 0 aromatic rings. The summed E-state index contributed by atoms with van der Waals surface area (Å²) in [5, 5.41) is 0. The molecule has 0 atom stereocenters. The summed E-state index contributed by atoms with van der Waals surface area (Å²) in [6, 6.07) is 0. The average molecular weight is 158 g/mol. The molecule has 0 aromatic carbocycles. The third-order valence-electron chi connectivity index (χ3n) is 0. The Balaban J connectivity index is -0.0000000450. The summed E-state index contributed by atoms with van der Waals surface area (Å²) in [6.07, 6.45) is 0. The molecule has 0 bridgehead atoms. The van der Waals surface area contributed by atoms with Crippen LogP contribution >= 0.6 is 0 Å². The fourth-order valence-electron chi connectivity index (χ4n) is 0. The van der Waals surface area contributed by atoms with Crippen LogP contribution in [-0.4, -0.2) is 7.54 Å². The van der Waals surface area contributed by atoms with E-state index in [1.54, 1.807) is 0 Å². The molecule has 0 heterocycles. The van der Waals surface area contributed by atoms with E-state index in [-0.39, 0.29) is 51.7 Å². The van der Waals surface area contributed by atoms with Crippen LogP contribution in [0.4, 0.5) is 12.9 Å². The molecule has 0 aliphatic carbocycles. The van der Waals surface area contributed by atoms with Crippen molar-refractivity contribution in [3.05, 3.63) is 0 Å². The van der Waals surface area contributed by atoms with Crippen molar-refractivity contribution in [2.75, 3.05) is 0 Å². The van der Waals surface area contributed by atoms with Gasteiger partial charge >= 0.3 is 7.54 Å². The Morgan fingerprint density at radius 1 is 0.833 bits per heavy atom. The van der Waals surface area contributed by atoms with Crippen LogP contribution in [0.15, 0.2) is 0 Å². The summed E-state index contributed by atoms with van der Waals surface area (Å²) >= 11 is 0. The first-order valence-corrected chi connectivity index (χ1v) is 0.655. The molecule has 0 saturated carbocycles. The van der Waals surface area contributed by atoms with Crippen molar-refractivity contribution in [1.29, 1.82) is 0 Å². The van der Waals surface area contributed by atoms with Crippen molar-refractivity contribution in [3.8, 4) is 0 Å². The third kappa shape index (κ3) is 46.4. The van der Waals surface area contributed by atoms with Crippen molar-refractivity contribution >= 4 is 7.54 Å². The van der Waals surface area contributed by atoms with Gasteiger partial charge in [-0.2, -0.15) is 0 Å². The largest absolute Gasteiger partial charge is 0.762 e. The quantitative estimate of drug-likeness (QED) is 0.458. The minimum Gasteiger partial charge on any atom is -0.254 e. The average Bonchev–Trinajstić information content (AvgIpc) is 0.811. The molecule has 6 heteroatoms. The van der Waals surface area contributed by atoms with E-state index in [4.69, 9.17) is 0 Å². The van der Waals surface area contributed by atoms with Gasteiger partial charge in [-0.15, -0.1) is 0 Å². The molecule has 0 N–H and O–H groups in total. The van der Waals surface area contributed by atoms with Crippen molar-refractivity contribution < 1.29 is 64.6 Å². The van der Waals surface area contributed by atoms with Gasteiger partial charge in [0.05, 0.1) is 0 Å². The molecular formula is BF3Sc2. The smallest absolute Gasteiger partial charge is 0.254 e. The zero-order chi connectivity index (χ0) is 3.58. The van der Waals surface area contributed by atoms with Crippen LogP contribution in [0.2, 0.25) is 0 Å². The zero-order valence-electron chi connectivity index (χ0n) is 2.87. The van der Waals surface area contributed by atoms with E-state index in [1.165, 1.54) is 0 Å². The predicted octanol–water partition coefficient (Wildman–Crippen LogP) is 0.875. The molecule has 0 unspecified atom stereocenters. The van der Waals surface area contributed by atoms with Crippen LogP contribution in [0.3, 0.4) is 0 Å². The monoisotopic (exact) mass is 158 g/mol. The summed E-state index contributed by atoms with van der Waals surface area (Å²) in [6.45, 7) is 0. The van der Waals surface area contributed by atoms with E-state index in [0.717, 1.165) is 0 Å². The molecule has 0 rings (SSSR count). The molecule has 0 amide bonds. The topological polar surface area (TPSA) is 0 Å².